The largest absolute Gasteiger partial charge is 0.505 e. The van der Waals surface area contributed by atoms with Crippen LogP contribution in [-0.2, 0) is 0 Å². The van der Waals surface area contributed by atoms with E-state index in [0.717, 1.165) is 0 Å². The van der Waals surface area contributed by atoms with Gasteiger partial charge in [-0.2, -0.15) is 0 Å². The van der Waals surface area contributed by atoms with Crippen LogP contribution in [0.1, 0.15) is 30.6 Å². The second kappa shape index (κ2) is 4.94. The molecule has 1 aromatic heterocycles. The standard InChI is InChI=1S/C11H16N2O3/c1-3-11(2,16)7-13-10(15)8-4-5-12-6-9(8)14/h4-6,14,16H,3,7H2,1-2H3,(H,13,15). The predicted octanol–water partition coefficient (Wildman–Crippen LogP) is 0.678. The summed E-state index contributed by atoms with van der Waals surface area (Å²) in [5.41, 5.74) is -0.778. The first-order valence-corrected chi connectivity index (χ1v) is 5.10. The summed E-state index contributed by atoms with van der Waals surface area (Å²) >= 11 is 0. The Hall–Kier alpha value is -1.62. The summed E-state index contributed by atoms with van der Waals surface area (Å²) in [6, 6.07) is 1.42. The molecule has 1 unspecified atom stereocenters. The summed E-state index contributed by atoms with van der Waals surface area (Å²) in [4.78, 5) is 15.3. The van der Waals surface area contributed by atoms with E-state index >= 15 is 0 Å². The number of carbonyl (C=O) groups is 1. The SMILES string of the molecule is CCC(C)(O)CNC(=O)c1ccncc1O. The van der Waals surface area contributed by atoms with E-state index in [0.29, 0.717) is 6.42 Å². The lowest BCUT2D eigenvalue weighted by Gasteiger charge is -2.21. The van der Waals surface area contributed by atoms with Gasteiger partial charge in [-0.1, -0.05) is 6.92 Å². The van der Waals surface area contributed by atoms with E-state index in [4.69, 9.17) is 0 Å². The Morgan fingerprint density at radius 2 is 2.31 bits per heavy atom. The molecule has 16 heavy (non-hydrogen) atoms. The molecule has 0 saturated heterocycles. The Bertz CT molecular complexity index is 377. The molecule has 0 aliphatic heterocycles. The number of aromatic nitrogens is 1. The molecule has 0 aliphatic rings. The molecule has 0 spiro atoms. The van der Waals surface area contributed by atoms with E-state index < -0.39 is 11.5 Å². The van der Waals surface area contributed by atoms with Gasteiger partial charge in [-0.05, 0) is 19.4 Å². The van der Waals surface area contributed by atoms with E-state index in [1.165, 1.54) is 18.5 Å². The van der Waals surface area contributed by atoms with Crippen LogP contribution in [0.2, 0.25) is 0 Å². The highest BCUT2D eigenvalue weighted by atomic mass is 16.3. The molecule has 0 aliphatic carbocycles. The average Bonchev–Trinajstić information content (AvgIpc) is 2.27. The molecule has 0 saturated carbocycles. The summed E-state index contributed by atoms with van der Waals surface area (Å²) in [6.45, 7) is 3.61. The molecular weight excluding hydrogens is 208 g/mol. The summed E-state index contributed by atoms with van der Waals surface area (Å²) in [7, 11) is 0. The van der Waals surface area contributed by atoms with Gasteiger partial charge in [0.1, 0.15) is 5.75 Å². The zero-order valence-electron chi connectivity index (χ0n) is 9.40. The number of hydrogen-bond acceptors (Lipinski definition) is 4. The summed E-state index contributed by atoms with van der Waals surface area (Å²) < 4.78 is 0. The summed E-state index contributed by atoms with van der Waals surface area (Å²) in [5, 5.41) is 21.6. The van der Waals surface area contributed by atoms with E-state index in [1.54, 1.807) is 6.92 Å². The minimum atomic E-state index is -0.932. The van der Waals surface area contributed by atoms with Crippen molar-refractivity contribution in [1.82, 2.24) is 10.3 Å². The molecule has 1 amide bonds. The molecular formula is C11H16N2O3. The van der Waals surface area contributed by atoms with Crippen molar-refractivity contribution in [3.63, 3.8) is 0 Å². The first kappa shape index (κ1) is 12.4. The number of pyridine rings is 1. The third-order valence-corrected chi connectivity index (χ3v) is 2.44. The number of rotatable bonds is 4. The maximum atomic E-state index is 11.6. The molecule has 0 fully saturated rings. The lowest BCUT2D eigenvalue weighted by Crippen LogP contribution is -2.40. The summed E-state index contributed by atoms with van der Waals surface area (Å²) in [6.07, 6.45) is 3.16. The van der Waals surface area contributed by atoms with Crippen LogP contribution in [0.4, 0.5) is 0 Å². The minimum absolute atomic E-state index is 0.143. The first-order chi connectivity index (χ1) is 7.46. The second-order valence-corrected chi connectivity index (χ2v) is 3.93. The van der Waals surface area contributed by atoms with Gasteiger partial charge in [0.15, 0.2) is 0 Å². The molecule has 1 heterocycles. The second-order valence-electron chi connectivity index (χ2n) is 3.93. The van der Waals surface area contributed by atoms with Gasteiger partial charge in [0.25, 0.3) is 5.91 Å². The number of carbonyl (C=O) groups excluding carboxylic acids is 1. The van der Waals surface area contributed by atoms with Crippen LogP contribution in [0.5, 0.6) is 5.75 Å². The zero-order valence-corrected chi connectivity index (χ0v) is 9.40. The van der Waals surface area contributed by atoms with Crippen LogP contribution in [0.25, 0.3) is 0 Å². The number of hydrogen-bond donors (Lipinski definition) is 3. The highest BCUT2D eigenvalue weighted by Gasteiger charge is 2.19. The molecule has 88 valence electrons. The fourth-order valence-corrected chi connectivity index (χ4v) is 1.07. The number of nitrogens with zero attached hydrogens (tertiary/aromatic N) is 1. The maximum absolute atomic E-state index is 11.6. The fourth-order valence-electron chi connectivity index (χ4n) is 1.07. The molecule has 3 N–H and O–H groups in total. The van der Waals surface area contributed by atoms with Crippen molar-refractivity contribution in [2.45, 2.75) is 25.9 Å². The molecule has 1 aromatic rings. The zero-order chi connectivity index (χ0) is 12.2. The fraction of sp³-hybridized carbons (Fsp3) is 0.455. The predicted molar refractivity (Wildman–Crippen MR) is 59.1 cm³/mol. The third-order valence-electron chi connectivity index (χ3n) is 2.44. The Labute approximate surface area is 94.1 Å². The van der Waals surface area contributed by atoms with E-state index in [1.807, 2.05) is 6.92 Å². The molecule has 0 aromatic carbocycles. The molecule has 5 heteroatoms. The van der Waals surface area contributed by atoms with Crippen molar-refractivity contribution in [2.24, 2.45) is 0 Å². The highest BCUT2D eigenvalue weighted by molar-refractivity contribution is 5.96. The molecule has 0 bridgehead atoms. The van der Waals surface area contributed by atoms with Crippen LogP contribution in [0, 0.1) is 0 Å². The maximum Gasteiger partial charge on any atom is 0.255 e. The molecule has 0 radical (unpaired) electrons. The van der Waals surface area contributed by atoms with Crippen molar-refractivity contribution in [3.8, 4) is 5.75 Å². The quantitative estimate of drug-likeness (QED) is 0.702. The van der Waals surface area contributed by atoms with Crippen molar-refractivity contribution < 1.29 is 15.0 Å². The average molecular weight is 224 g/mol. The minimum Gasteiger partial charge on any atom is -0.505 e. The van der Waals surface area contributed by atoms with E-state index in [2.05, 4.69) is 10.3 Å². The number of nitrogens with one attached hydrogen (secondary N) is 1. The van der Waals surface area contributed by atoms with Gasteiger partial charge in [-0.15, -0.1) is 0 Å². The van der Waals surface area contributed by atoms with Crippen LogP contribution in [0.3, 0.4) is 0 Å². The van der Waals surface area contributed by atoms with Gasteiger partial charge in [0, 0.05) is 12.7 Å². The smallest absolute Gasteiger partial charge is 0.255 e. The van der Waals surface area contributed by atoms with Crippen molar-refractivity contribution in [3.05, 3.63) is 24.0 Å². The van der Waals surface area contributed by atoms with Crippen molar-refractivity contribution in [1.29, 1.82) is 0 Å². The van der Waals surface area contributed by atoms with Crippen molar-refractivity contribution in [2.75, 3.05) is 6.54 Å². The van der Waals surface area contributed by atoms with Gasteiger partial charge >= 0.3 is 0 Å². The third kappa shape index (κ3) is 3.20. The lowest BCUT2D eigenvalue weighted by atomic mass is 10.0. The Balaban J connectivity index is 2.64. The lowest BCUT2D eigenvalue weighted by molar-refractivity contribution is 0.0517. The van der Waals surface area contributed by atoms with Gasteiger partial charge in [0.05, 0.1) is 17.4 Å². The number of aromatic hydroxyl groups is 1. The van der Waals surface area contributed by atoms with Crippen LogP contribution in [-0.4, -0.2) is 33.3 Å². The number of aliphatic hydroxyl groups is 1. The van der Waals surface area contributed by atoms with Gasteiger partial charge in [0.2, 0.25) is 0 Å². The number of amides is 1. The summed E-state index contributed by atoms with van der Waals surface area (Å²) in [5.74, 6) is -0.593. The van der Waals surface area contributed by atoms with Gasteiger partial charge in [-0.25, -0.2) is 0 Å². The Kier molecular flexibility index (Phi) is 3.84. The molecule has 5 nitrogen and oxygen atoms in total. The first-order valence-electron chi connectivity index (χ1n) is 5.10. The van der Waals surface area contributed by atoms with Crippen LogP contribution >= 0.6 is 0 Å². The normalized spacial score (nSPS) is 14.2. The van der Waals surface area contributed by atoms with Crippen LogP contribution in [0.15, 0.2) is 18.5 Å². The van der Waals surface area contributed by atoms with Crippen LogP contribution < -0.4 is 5.32 Å². The Morgan fingerprint density at radius 3 is 2.88 bits per heavy atom. The Morgan fingerprint density at radius 1 is 1.62 bits per heavy atom. The molecule has 1 rings (SSSR count). The highest BCUT2D eigenvalue weighted by Crippen LogP contribution is 2.14. The topological polar surface area (TPSA) is 82.5 Å². The molecule has 1 atom stereocenters. The van der Waals surface area contributed by atoms with Gasteiger partial charge < -0.3 is 15.5 Å². The van der Waals surface area contributed by atoms with Gasteiger partial charge in [-0.3, -0.25) is 9.78 Å². The van der Waals surface area contributed by atoms with Crippen molar-refractivity contribution >= 4 is 5.91 Å². The van der Waals surface area contributed by atoms with E-state index in [9.17, 15) is 15.0 Å². The monoisotopic (exact) mass is 224 g/mol. The van der Waals surface area contributed by atoms with E-state index in [-0.39, 0.29) is 17.9 Å².